The molecule has 6 nitrogen and oxygen atoms in total. The normalized spacial score (nSPS) is 15.1. The smallest absolute Gasteiger partial charge is 0.221 e. The summed E-state index contributed by atoms with van der Waals surface area (Å²) in [5, 5.41) is 3.74. The number of pyridine rings is 1. The van der Waals surface area contributed by atoms with E-state index in [9.17, 15) is 4.79 Å². The number of carbonyl (C=O) groups excluding carboxylic acids is 1. The van der Waals surface area contributed by atoms with E-state index >= 15 is 0 Å². The van der Waals surface area contributed by atoms with Crippen LogP contribution in [0, 0.1) is 0 Å². The molecule has 138 valence electrons. The van der Waals surface area contributed by atoms with Gasteiger partial charge in [-0.3, -0.25) is 4.79 Å². The Morgan fingerprint density at radius 2 is 2.04 bits per heavy atom. The minimum atomic E-state index is -0.394. The minimum Gasteiger partial charge on any atom is -0.381 e. The summed E-state index contributed by atoms with van der Waals surface area (Å²) in [5.74, 6) is -0.394. The molecule has 1 saturated heterocycles. The molecular weight excluding hydrogens is 350 g/mol. The van der Waals surface area contributed by atoms with Gasteiger partial charge in [0, 0.05) is 55.9 Å². The largest absolute Gasteiger partial charge is 0.381 e. The maximum atomic E-state index is 11.2. The number of amides is 1. The third-order valence-corrected chi connectivity index (χ3v) is 4.79. The molecule has 0 saturated carbocycles. The van der Waals surface area contributed by atoms with Gasteiger partial charge in [0.2, 0.25) is 5.91 Å². The van der Waals surface area contributed by atoms with Gasteiger partial charge in [0.15, 0.2) is 0 Å². The van der Waals surface area contributed by atoms with Crippen LogP contribution in [0.2, 0.25) is 5.15 Å². The Morgan fingerprint density at radius 1 is 1.27 bits per heavy atom. The van der Waals surface area contributed by atoms with Crippen LogP contribution in [-0.4, -0.2) is 49.0 Å². The second-order valence-corrected chi connectivity index (χ2v) is 7.01. The molecule has 0 radical (unpaired) electrons. The fourth-order valence-corrected chi connectivity index (χ4v) is 3.23. The molecule has 26 heavy (non-hydrogen) atoms. The molecule has 0 aliphatic carbocycles. The van der Waals surface area contributed by atoms with E-state index in [1.807, 2.05) is 0 Å². The van der Waals surface area contributed by atoms with Crippen molar-refractivity contribution in [3.05, 3.63) is 52.8 Å². The molecule has 1 aliphatic heterocycles. The van der Waals surface area contributed by atoms with Crippen molar-refractivity contribution < 1.29 is 4.79 Å². The van der Waals surface area contributed by atoms with Crippen molar-refractivity contribution in [2.24, 2.45) is 5.73 Å². The van der Waals surface area contributed by atoms with Crippen LogP contribution < -0.4 is 16.0 Å². The highest BCUT2D eigenvalue weighted by atomic mass is 35.5. The number of nitrogens with two attached hydrogens (primary N) is 1. The summed E-state index contributed by atoms with van der Waals surface area (Å²) in [6.07, 6.45) is 1.73. The minimum absolute atomic E-state index is 0.133. The van der Waals surface area contributed by atoms with Gasteiger partial charge in [-0.2, -0.15) is 0 Å². The predicted molar refractivity (Wildman–Crippen MR) is 106 cm³/mol. The first-order valence-electron chi connectivity index (χ1n) is 8.70. The molecule has 1 aliphatic rings. The van der Waals surface area contributed by atoms with Crippen molar-refractivity contribution in [2.75, 3.05) is 43.4 Å². The van der Waals surface area contributed by atoms with Gasteiger partial charge in [0.25, 0.3) is 0 Å². The molecule has 0 bridgehead atoms. The number of benzene rings is 1. The standard InChI is InChI=1S/C19H24ClN5O/c1-24-5-7-25(8-6-24)16-4-2-3-14(9-16)12-22-17-11-18(20)23-13-15(17)10-19(21)26/h2-4,9,11,13H,5-8,10,12H2,1H3,(H2,21,26)(H,22,23). The summed E-state index contributed by atoms with van der Waals surface area (Å²) < 4.78 is 0. The Bertz CT molecular complexity index is 774. The number of rotatable bonds is 6. The zero-order valence-corrected chi connectivity index (χ0v) is 15.7. The second kappa shape index (κ2) is 8.38. The van der Waals surface area contributed by atoms with E-state index in [0.29, 0.717) is 11.7 Å². The number of carbonyl (C=O) groups is 1. The van der Waals surface area contributed by atoms with Gasteiger partial charge in [-0.25, -0.2) is 4.98 Å². The number of aromatic nitrogens is 1. The van der Waals surface area contributed by atoms with Crippen molar-refractivity contribution in [3.8, 4) is 0 Å². The number of likely N-dealkylation sites (N-methyl/N-ethyl adjacent to an activating group) is 1. The van der Waals surface area contributed by atoms with Crippen LogP contribution in [-0.2, 0) is 17.8 Å². The maximum Gasteiger partial charge on any atom is 0.221 e. The number of hydrogen-bond acceptors (Lipinski definition) is 5. The predicted octanol–water partition coefficient (Wildman–Crippen LogP) is 2.13. The Labute approximate surface area is 158 Å². The highest BCUT2D eigenvalue weighted by Crippen LogP contribution is 2.22. The number of anilines is 2. The summed E-state index contributed by atoms with van der Waals surface area (Å²) in [4.78, 5) is 20.0. The van der Waals surface area contributed by atoms with E-state index in [4.69, 9.17) is 17.3 Å². The van der Waals surface area contributed by atoms with E-state index < -0.39 is 5.91 Å². The zero-order valence-electron chi connectivity index (χ0n) is 14.9. The molecule has 1 aromatic carbocycles. The highest BCUT2D eigenvalue weighted by Gasteiger charge is 2.14. The van der Waals surface area contributed by atoms with E-state index in [0.717, 1.165) is 37.4 Å². The number of nitrogens with one attached hydrogen (secondary N) is 1. The van der Waals surface area contributed by atoms with Crippen LogP contribution in [0.25, 0.3) is 0 Å². The van der Waals surface area contributed by atoms with Crippen LogP contribution in [0.3, 0.4) is 0 Å². The van der Waals surface area contributed by atoms with Crippen molar-refractivity contribution in [2.45, 2.75) is 13.0 Å². The van der Waals surface area contributed by atoms with Gasteiger partial charge in [0.05, 0.1) is 6.42 Å². The summed E-state index contributed by atoms with van der Waals surface area (Å²) >= 11 is 6.00. The number of piperazine rings is 1. The monoisotopic (exact) mass is 373 g/mol. The molecule has 1 fully saturated rings. The Morgan fingerprint density at radius 3 is 2.77 bits per heavy atom. The Hall–Kier alpha value is -2.31. The summed E-state index contributed by atoms with van der Waals surface area (Å²) in [5.41, 5.74) is 9.25. The first kappa shape index (κ1) is 18.5. The fourth-order valence-electron chi connectivity index (χ4n) is 3.08. The summed E-state index contributed by atoms with van der Waals surface area (Å²) in [6, 6.07) is 10.2. The van der Waals surface area contributed by atoms with Crippen molar-refractivity contribution >= 4 is 28.9 Å². The van der Waals surface area contributed by atoms with Crippen LogP contribution >= 0.6 is 11.6 Å². The van der Waals surface area contributed by atoms with Crippen LogP contribution in [0.15, 0.2) is 36.5 Å². The lowest BCUT2D eigenvalue weighted by Crippen LogP contribution is -2.44. The quantitative estimate of drug-likeness (QED) is 0.759. The Balaban J connectivity index is 1.69. The van der Waals surface area contributed by atoms with E-state index in [1.165, 1.54) is 11.3 Å². The SMILES string of the molecule is CN1CCN(c2cccc(CNc3cc(Cl)ncc3CC(N)=O)c2)CC1. The lowest BCUT2D eigenvalue weighted by molar-refractivity contribution is -0.117. The van der Waals surface area contributed by atoms with Crippen LogP contribution in [0.4, 0.5) is 11.4 Å². The molecule has 2 heterocycles. The van der Waals surface area contributed by atoms with Crippen LogP contribution in [0.1, 0.15) is 11.1 Å². The summed E-state index contributed by atoms with van der Waals surface area (Å²) in [7, 11) is 2.15. The Kier molecular flexibility index (Phi) is 5.96. The first-order chi connectivity index (χ1) is 12.5. The lowest BCUT2D eigenvalue weighted by Gasteiger charge is -2.34. The van der Waals surface area contributed by atoms with Crippen LogP contribution in [0.5, 0.6) is 0 Å². The maximum absolute atomic E-state index is 11.2. The van der Waals surface area contributed by atoms with Gasteiger partial charge in [0.1, 0.15) is 5.15 Å². The van der Waals surface area contributed by atoms with Gasteiger partial charge >= 0.3 is 0 Å². The van der Waals surface area contributed by atoms with Crippen molar-refractivity contribution in [1.29, 1.82) is 0 Å². The molecule has 0 spiro atoms. The summed E-state index contributed by atoms with van der Waals surface area (Å²) in [6.45, 7) is 4.86. The fraction of sp³-hybridized carbons (Fsp3) is 0.368. The number of primary amides is 1. The highest BCUT2D eigenvalue weighted by molar-refractivity contribution is 6.29. The van der Waals surface area contributed by atoms with E-state index in [2.05, 4.69) is 51.4 Å². The molecule has 3 N–H and O–H groups in total. The average Bonchev–Trinajstić information content (AvgIpc) is 2.62. The molecule has 0 atom stereocenters. The lowest BCUT2D eigenvalue weighted by atomic mass is 10.1. The second-order valence-electron chi connectivity index (χ2n) is 6.62. The molecule has 1 amide bonds. The van der Waals surface area contributed by atoms with Gasteiger partial charge in [-0.15, -0.1) is 0 Å². The van der Waals surface area contributed by atoms with Crippen molar-refractivity contribution in [1.82, 2.24) is 9.88 Å². The number of halogens is 1. The zero-order chi connectivity index (χ0) is 18.5. The molecule has 3 rings (SSSR count). The number of nitrogens with zero attached hydrogens (tertiary/aromatic N) is 3. The first-order valence-corrected chi connectivity index (χ1v) is 9.08. The molecule has 7 heteroatoms. The number of hydrogen-bond donors (Lipinski definition) is 2. The molecule has 0 unspecified atom stereocenters. The van der Waals surface area contributed by atoms with Gasteiger partial charge in [-0.05, 0) is 30.8 Å². The third-order valence-electron chi connectivity index (χ3n) is 4.58. The van der Waals surface area contributed by atoms with Gasteiger partial charge in [-0.1, -0.05) is 23.7 Å². The van der Waals surface area contributed by atoms with E-state index in [-0.39, 0.29) is 6.42 Å². The van der Waals surface area contributed by atoms with E-state index in [1.54, 1.807) is 12.3 Å². The topological polar surface area (TPSA) is 74.5 Å². The molecule has 2 aromatic rings. The average molecular weight is 374 g/mol. The molecular formula is C19H24ClN5O. The van der Waals surface area contributed by atoms with Crippen molar-refractivity contribution in [3.63, 3.8) is 0 Å². The van der Waals surface area contributed by atoms with Gasteiger partial charge < -0.3 is 20.9 Å². The third kappa shape index (κ3) is 4.86. The molecule has 1 aromatic heterocycles.